The summed E-state index contributed by atoms with van der Waals surface area (Å²) in [7, 11) is 0. The zero-order valence-corrected chi connectivity index (χ0v) is 14.1. The Morgan fingerprint density at radius 2 is 2.08 bits per heavy atom. The summed E-state index contributed by atoms with van der Waals surface area (Å²) < 4.78 is 1.65. The number of benzene rings is 1. The summed E-state index contributed by atoms with van der Waals surface area (Å²) in [5.74, 6) is 0.646. The van der Waals surface area contributed by atoms with E-state index in [9.17, 15) is 4.79 Å². The Labute approximate surface area is 146 Å². The van der Waals surface area contributed by atoms with Gasteiger partial charge in [0.05, 0.1) is 18.3 Å². The highest BCUT2D eigenvalue weighted by Crippen LogP contribution is 2.37. The van der Waals surface area contributed by atoms with Crippen molar-refractivity contribution in [3.63, 3.8) is 0 Å². The maximum Gasteiger partial charge on any atom is 0.237 e. The molecule has 0 saturated carbocycles. The quantitative estimate of drug-likeness (QED) is 0.725. The van der Waals surface area contributed by atoms with Gasteiger partial charge in [-0.1, -0.05) is 18.2 Å². The summed E-state index contributed by atoms with van der Waals surface area (Å²) in [6.07, 6.45) is 3.18. The fourth-order valence-corrected chi connectivity index (χ4v) is 3.82. The van der Waals surface area contributed by atoms with Gasteiger partial charge in [-0.3, -0.25) is 4.79 Å². The Kier molecular flexibility index (Phi) is 4.46. The molecule has 2 aromatic rings. The molecule has 2 aliphatic heterocycles. The summed E-state index contributed by atoms with van der Waals surface area (Å²) in [6.45, 7) is 3.33. The Hall–Kier alpha value is -2.32. The minimum Gasteiger partial charge on any atom is -0.347 e. The summed E-state index contributed by atoms with van der Waals surface area (Å²) in [5.41, 5.74) is 1.16. The first-order chi connectivity index (χ1) is 12.3. The second-order valence-electron chi connectivity index (χ2n) is 6.95. The van der Waals surface area contributed by atoms with Gasteiger partial charge in [-0.05, 0) is 60.3 Å². The predicted octanol–water partition coefficient (Wildman–Crippen LogP) is 0.0102. The van der Waals surface area contributed by atoms with Gasteiger partial charge in [0, 0.05) is 6.54 Å². The van der Waals surface area contributed by atoms with Crippen LogP contribution in [0.4, 0.5) is 0 Å². The minimum atomic E-state index is -0.126. The first-order valence-electron chi connectivity index (χ1n) is 8.80. The number of para-hydroxylation sites is 1. The van der Waals surface area contributed by atoms with E-state index in [1.807, 2.05) is 30.3 Å². The van der Waals surface area contributed by atoms with Gasteiger partial charge in [0.15, 0.2) is 5.82 Å². The molecule has 8 nitrogen and oxygen atoms in total. The number of nitrogens with zero attached hydrogens (tertiary/aromatic N) is 4. The van der Waals surface area contributed by atoms with Crippen molar-refractivity contribution in [1.82, 2.24) is 36.2 Å². The molecule has 8 heteroatoms. The molecule has 1 aromatic carbocycles. The van der Waals surface area contributed by atoms with Crippen LogP contribution in [0.1, 0.15) is 25.1 Å². The van der Waals surface area contributed by atoms with E-state index in [0.717, 1.165) is 44.6 Å². The van der Waals surface area contributed by atoms with E-state index >= 15 is 0 Å². The topological polar surface area (TPSA) is 96.8 Å². The summed E-state index contributed by atoms with van der Waals surface area (Å²) in [4.78, 5) is 12.5. The Morgan fingerprint density at radius 3 is 2.88 bits per heavy atom. The molecule has 2 aliphatic rings. The molecule has 0 radical (unpaired) electrons. The summed E-state index contributed by atoms with van der Waals surface area (Å²) in [5, 5.41) is 21.5. The molecule has 1 spiro atoms. The van der Waals surface area contributed by atoms with E-state index in [2.05, 4.69) is 31.5 Å². The molecule has 1 aromatic heterocycles. The van der Waals surface area contributed by atoms with E-state index in [-0.39, 0.29) is 17.4 Å². The normalized spacial score (nSPS) is 22.2. The van der Waals surface area contributed by atoms with Crippen LogP contribution in [0.3, 0.4) is 0 Å². The summed E-state index contributed by atoms with van der Waals surface area (Å²) in [6, 6.07) is 9.54. The Morgan fingerprint density at radius 1 is 1.28 bits per heavy atom. The highest BCUT2D eigenvalue weighted by atomic mass is 16.2. The van der Waals surface area contributed by atoms with Gasteiger partial charge in [0.1, 0.15) is 0 Å². The van der Waals surface area contributed by atoms with Crippen molar-refractivity contribution in [3.8, 4) is 5.69 Å². The number of hydrogen-bond donors (Lipinski definition) is 3. The standard InChI is InChI=1S/C17H23N7O/c25-16(14-10-17(12-20-14)6-8-18-9-7-17)19-11-15-21-22-23-24(15)13-4-2-1-3-5-13/h1-5,14,18,20H,6-12H2,(H,19,25)/t14-/m1/s1. The number of piperidine rings is 1. The van der Waals surface area contributed by atoms with Crippen molar-refractivity contribution < 1.29 is 4.79 Å². The average Bonchev–Trinajstić information content (AvgIpc) is 3.29. The van der Waals surface area contributed by atoms with Crippen LogP contribution < -0.4 is 16.0 Å². The zero-order chi connectivity index (χ0) is 17.1. The lowest BCUT2D eigenvalue weighted by Gasteiger charge is -2.33. The fourth-order valence-electron chi connectivity index (χ4n) is 3.82. The number of rotatable bonds is 4. The second-order valence-corrected chi connectivity index (χ2v) is 6.95. The lowest BCUT2D eigenvalue weighted by molar-refractivity contribution is -0.123. The number of tetrazole rings is 1. The van der Waals surface area contributed by atoms with Crippen molar-refractivity contribution in [2.45, 2.75) is 31.8 Å². The predicted molar refractivity (Wildman–Crippen MR) is 91.9 cm³/mol. The van der Waals surface area contributed by atoms with Gasteiger partial charge < -0.3 is 16.0 Å². The minimum absolute atomic E-state index is 0.0259. The van der Waals surface area contributed by atoms with Crippen LogP contribution in [0.2, 0.25) is 0 Å². The van der Waals surface area contributed by atoms with Crippen LogP contribution >= 0.6 is 0 Å². The first kappa shape index (κ1) is 16.2. The molecular weight excluding hydrogens is 318 g/mol. The molecule has 2 saturated heterocycles. The molecule has 4 rings (SSSR count). The number of hydrogen-bond acceptors (Lipinski definition) is 6. The van der Waals surface area contributed by atoms with Crippen LogP contribution in [0.25, 0.3) is 5.69 Å². The SMILES string of the molecule is O=C(NCc1nnnn1-c1ccccc1)[C@H]1CC2(CCNCC2)CN1. The molecule has 0 aliphatic carbocycles. The maximum atomic E-state index is 12.5. The molecule has 132 valence electrons. The van der Waals surface area contributed by atoms with E-state index in [4.69, 9.17) is 0 Å². The van der Waals surface area contributed by atoms with Crippen LogP contribution in [0.15, 0.2) is 30.3 Å². The van der Waals surface area contributed by atoms with Gasteiger partial charge in [0.2, 0.25) is 5.91 Å². The molecule has 2 fully saturated rings. The number of nitrogens with one attached hydrogen (secondary N) is 3. The molecule has 1 atom stereocenters. The highest BCUT2D eigenvalue weighted by Gasteiger charge is 2.42. The molecule has 3 heterocycles. The van der Waals surface area contributed by atoms with Crippen molar-refractivity contribution in [2.75, 3.05) is 19.6 Å². The third-order valence-corrected chi connectivity index (χ3v) is 5.30. The molecule has 0 bridgehead atoms. The van der Waals surface area contributed by atoms with Crippen LogP contribution in [0.5, 0.6) is 0 Å². The largest absolute Gasteiger partial charge is 0.347 e. The van der Waals surface area contributed by atoms with Crippen molar-refractivity contribution in [3.05, 3.63) is 36.2 Å². The van der Waals surface area contributed by atoms with Gasteiger partial charge in [-0.15, -0.1) is 5.10 Å². The van der Waals surface area contributed by atoms with Crippen molar-refractivity contribution >= 4 is 5.91 Å². The van der Waals surface area contributed by atoms with E-state index in [1.165, 1.54) is 0 Å². The number of carbonyl (C=O) groups is 1. The monoisotopic (exact) mass is 341 g/mol. The fraction of sp³-hybridized carbons (Fsp3) is 0.529. The number of carbonyl (C=O) groups excluding carboxylic acids is 1. The van der Waals surface area contributed by atoms with Gasteiger partial charge in [-0.25, -0.2) is 0 Å². The Balaban J connectivity index is 1.36. The van der Waals surface area contributed by atoms with E-state index < -0.39 is 0 Å². The van der Waals surface area contributed by atoms with Crippen LogP contribution in [-0.2, 0) is 11.3 Å². The van der Waals surface area contributed by atoms with Crippen LogP contribution in [-0.4, -0.2) is 51.8 Å². The highest BCUT2D eigenvalue weighted by molar-refractivity contribution is 5.82. The van der Waals surface area contributed by atoms with Gasteiger partial charge in [-0.2, -0.15) is 4.68 Å². The molecular formula is C17H23N7O. The number of amides is 1. The first-order valence-corrected chi connectivity index (χ1v) is 8.80. The molecule has 3 N–H and O–H groups in total. The third kappa shape index (κ3) is 3.40. The second kappa shape index (κ2) is 6.89. The maximum absolute atomic E-state index is 12.5. The smallest absolute Gasteiger partial charge is 0.237 e. The number of aromatic nitrogens is 4. The van der Waals surface area contributed by atoms with E-state index in [0.29, 0.717) is 12.4 Å². The van der Waals surface area contributed by atoms with E-state index in [1.54, 1.807) is 4.68 Å². The average molecular weight is 341 g/mol. The van der Waals surface area contributed by atoms with Crippen molar-refractivity contribution in [1.29, 1.82) is 0 Å². The third-order valence-electron chi connectivity index (χ3n) is 5.30. The zero-order valence-electron chi connectivity index (χ0n) is 14.1. The molecule has 1 amide bonds. The molecule has 0 unspecified atom stereocenters. The lowest BCUT2D eigenvalue weighted by Crippen LogP contribution is -2.40. The van der Waals surface area contributed by atoms with Crippen LogP contribution in [0, 0.1) is 5.41 Å². The molecule has 25 heavy (non-hydrogen) atoms. The Bertz CT molecular complexity index is 724. The van der Waals surface area contributed by atoms with Gasteiger partial charge >= 0.3 is 0 Å². The van der Waals surface area contributed by atoms with Gasteiger partial charge in [0.25, 0.3) is 0 Å². The van der Waals surface area contributed by atoms with Crippen molar-refractivity contribution in [2.24, 2.45) is 5.41 Å². The summed E-state index contributed by atoms with van der Waals surface area (Å²) >= 11 is 0. The lowest BCUT2D eigenvalue weighted by atomic mass is 9.77.